The summed E-state index contributed by atoms with van der Waals surface area (Å²) in [6.45, 7) is 12.1. The molecule has 0 aliphatic rings. The van der Waals surface area contributed by atoms with Gasteiger partial charge in [0.25, 0.3) is 0 Å². The summed E-state index contributed by atoms with van der Waals surface area (Å²) >= 11 is 0. The zero-order chi connectivity index (χ0) is 13.0. The van der Waals surface area contributed by atoms with E-state index in [0.717, 1.165) is 6.54 Å². The van der Waals surface area contributed by atoms with E-state index in [2.05, 4.69) is 45.0 Å². The number of rotatable bonds is 6. The summed E-state index contributed by atoms with van der Waals surface area (Å²) in [5.74, 6) is 0.698. The van der Waals surface area contributed by atoms with E-state index in [1.54, 1.807) is 0 Å². The lowest BCUT2D eigenvalue weighted by molar-refractivity contribution is 0.427. The maximum atomic E-state index is 4.52. The van der Waals surface area contributed by atoms with Crippen molar-refractivity contribution in [1.82, 2.24) is 15.1 Å². The highest BCUT2D eigenvalue weighted by Gasteiger charge is 2.20. The summed E-state index contributed by atoms with van der Waals surface area (Å²) in [6, 6.07) is 0.448. The first-order valence-corrected chi connectivity index (χ1v) is 6.70. The number of aromatic nitrogens is 2. The zero-order valence-corrected chi connectivity index (χ0v) is 12.2. The van der Waals surface area contributed by atoms with E-state index in [-0.39, 0.29) is 0 Å². The molecule has 0 amide bonds. The molecule has 3 nitrogen and oxygen atoms in total. The van der Waals surface area contributed by atoms with Gasteiger partial charge in [0, 0.05) is 24.3 Å². The van der Waals surface area contributed by atoms with E-state index in [9.17, 15) is 0 Å². The lowest BCUT2D eigenvalue weighted by Gasteiger charge is -2.21. The molecule has 0 bridgehead atoms. The zero-order valence-electron chi connectivity index (χ0n) is 12.2. The van der Waals surface area contributed by atoms with E-state index in [1.165, 1.54) is 29.8 Å². The predicted octanol–water partition coefficient (Wildman–Crippen LogP) is 3.12. The summed E-state index contributed by atoms with van der Waals surface area (Å²) < 4.78 is 1.99. The van der Waals surface area contributed by atoms with Crippen LogP contribution in [-0.4, -0.2) is 16.3 Å². The van der Waals surface area contributed by atoms with Crippen LogP contribution in [0.15, 0.2) is 0 Å². The van der Waals surface area contributed by atoms with Gasteiger partial charge in [-0.05, 0) is 39.2 Å². The number of nitrogens with zero attached hydrogens (tertiary/aromatic N) is 2. The monoisotopic (exact) mass is 237 g/mol. The van der Waals surface area contributed by atoms with Gasteiger partial charge in [0.2, 0.25) is 0 Å². The van der Waals surface area contributed by atoms with Crippen LogP contribution in [0, 0.1) is 19.8 Å². The molecular weight excluding hydrogens is 210 g/mol. The highest BCUT2D eigenvalue weighted by atomic mass is 15.3. The Kier molecular flexibility index (Phi) is 5.19. The molecule has 0 saturated heterocycles. The van der Waals surface area contributed by atoms with Crippen molar-refractivity contribution in [3.8, 4) is 0 Å². The maximum Gasteiger partial charge on any atom is 0.0644 e. The fraction of sp³-hybridized carbons (Fsp3) is 0.786. The quantitative estimate of drug-likeness (QED) is 0.824. The molecule has 0 aliphatic carbocycles. The summed E-state index contributed by atoms with van der Waals surface area (Å²) in [6.07, 6.45) is 2.35. The van der Waals surface area contributed by atoms with Crippen LogP contribution >= 0.6 is 0 Å². The van der Waals surface area contributed by atoms with Crippen molar-refractivity contribution in [2.75, 3.05) is 6.54 Å². The average Bonchev–Trinajstić information content (AvgIpc) is 2.48. The van der Waals surface area contributed by atoms with Crippen LogP contribution in [0.5, 0.6) is 0 Å². The molecule has 1 N–H and O–H groups in total. The van der Waals surface area contributed by atoms with E-state index >= 15 is 0 Å². The van der Waals surface area contributed by atoms with Crippen LogP contribution in [0.2, 0.25) is 0 Å². The van der Waals surface area contributed by atoms with Crippen molar-refractivity contribution < 1.29 is 0 Å². The molecule has 1 aromatic heterocycles. The fourth-order valence-electron chi connectivity index (χ4n) is 2.39. The Hall–Kier alpha value is -0.830. The third-order valence-corrected chi connectivity index (χ3v) is 3.26. The molecule has 0 spiro atoms. The summed E-state index contributed by atoms with van der Waals surface area (Å²) in [4.78, 5) is 0. The maximum absolute atomic E-state index is 4.52. The predicted molar refractivity (Wildman–Crippen MR) is 73.2 cm³/mol. The molecule has 1 rings (SSSR count). The molecule has 0 aromatic carbocycles. The summed E-state index contributed by atoms with van der Waals surface area (Å²) in [7, 11) is 2.03. The molecule has 3 heteroatoms. The number of aryl methyl sites for hydroxylation is 2. The number of hydrogen-bond donors (Lipinski definition) is 1. The van der Waals surface area contributed by atoms with Crippen LogP contribution in [0.4, 0.5) is 0 Å². The second kappa shape index (κ2) is 6.20. The molecule has 1 heterocycles. The highest BCUT2D eigenvalue weighted by Crippen LogP contribution is 2.26. The van der Waals surface area contributed by atoms with Crippen LogP contribution in [0.25, 0.3) is 0 Å². The molecule has 0 saturated carbocycles. The average molecular weight is 237 g/mol. The third kappa shape index (κ3) is 3.56. The van der Waals surface area contributed by atoms with Crippen LogP contribution in [0.1, 0.15) is 56.6 Å². The standard InChI is InChI=1S/C14H27N3/c1-7-8-15-13(9-10(2)3)14-11(4)16-17(6)12(14)5/h10,13,15H,7-9H2,1-6H3. The van der Waals surface area contributed by atoms with Crippen molar-refractivity contribution in [3.63, 3.8) is 0 Å². The van der Waals surface area contributed by atoms with Gasteiger partial charge in [0.05, 0.1) is 5.69 Å². The molecule has 0 fully saturated rings. The molecule has 1 atom stereocenters. The molecular formula is C14H27N3. The highest BCUT2D eigenvalue weighted by molar-refractivity contribution is 5.28. The van der Waals surface area contributed by atoms with Gasteiger partial charge in [-0.3, -0.25) is 4.68 Å². The van der Waals surface area contributed by atoms with Crippen molar-refractivity contribution >= 4 is 0 Å². The Morgan fingerprint density at radius 2 is 1.94 bits per heavy atom. The number of hydrogen-bond acceptors (Lipinski definition) is 2. The van der Waals surface area contributed by atoms with E-state index < -0.39 is 0 Å². The van der Waals surface area contributed by atoms with Gasteiger partial charge >= 0.3 is 0 Å². The van der Waals surface area contributed by atoms with Crippen LogP contribution in [-0.2, 0) is 7.05 Å². The molecule has 1 unspecified atom stereocenters. The molecule has 0 radical (unpaired) electrons. The number of nitrogens with one attached hydrogen (secondary N) is 1. The lowest BCUT2D eigenvalue weighted by atomic mass is 9.95. The normalized spacial score (nSPS) is 13.4. The first kappa shape index (κ1) is 14.2. The third-order valence-electron chi connectivity index (χ3n) is 3.26. The Morgan fingerprint density at radius 1 is 1.29 bits per heavy atom. The first-order valence-electron chi connectivity index (χ1n) is 6.70. The van der Waals surface area contributed by atoms with Gasteiger partial charge in [0.15, 0.2) is 0 Å². The van der Waals surface area contributed by atoms with E-state index in [1.807, 2.05) is 11.7 Å². The minimum absolute atomic E-state index is 0.448. The topological polar surface area (TPSA) is 29.9 Å². The van der Waals surface area contributed by atoms with Crippen molar-refractivity contribution in [2.24, 2.45) is 13.0 Å². The minimum atomic E-state index is 0.448. The molecule has 0 aliphatic heterocycles. The largest absolute Gasteiger partial charge is 0.310 e. The van der Waals surface area contributed by atoms with E-state index in [0.29, 0.717) is 12.0 Å². The van der Waals surface area contributed by atoms with Gasteiger partial charge in [-0.25, -0.2) is 0 Å². The second-order valence-corrected chi connectivity index (χ2v) is 5.34. The van der Waals surface area contributed by atoms with Gasteiger partial charge in [-0.15, -0.1) is 0 Å². The molecule has 98 valence electrons. The SMILES string of the molecule is CCCNC(CC(C)C)c1c(C)nn(C)c1C. The Balaban J connectivity index is 2.94. The van der Waals surface area contributed by atoms with E-state index in [4.69, 9.17) is 0 Å². The van der Waals surface area contributed by atoms with Gasteiger partial charge in [-0.1, -0.05) is 20.8 Å². The smallest absolute Gasteiger partial charge is 0.0644 e. The van der Waals surface area contributed by atoms with Gasteiger partial charge in [0.1, 0.15) is 0 Å². The van der Waals surface area contributed by atoms with Crippen molar-refractivity contribution in [2.45, 2.75) is 53.5 Å². The Labute approximate surface area is 106 Å². The first-order chi connectivity index (χ1) is 7.97. The van der Waals surface area contributed by atoms with Crippen LogP contribution < -0.4 is 5.32 Å². The Morgan fingerprint density at radius 3 is 2.35 bits per heavy atom. The van der Waals surface area contributed by atoms with Gasteiger partial charge < -0.3 is 5.32 Å². The molecule has 1 aromatic rings. The van der Waals surface area contributed by atoms with Gasteiger partial charge in [-0.2, -0.15) is 5.10 Å². The molecule has 17 heavy (non-hydrogen) atoms. The van der Waals surface area contributed by atoms with Crippen molar-refractivity contribution in [3.05, 3.63) is 17.0 Å². The fourth-order valence-corrected chi connectivity index (χ4v) is 2.39. The minimum Gasteiger partial charge on any atom is -0.310 e. The van der Waals surface area contributed by atoms with Crippen molar-refractivity contribution in [1.29, 1.82) is 0 Å². The second-order valence-electron chi connectivity index (χ2n) is 5.34. The van der Waals surface area contributed by atoms with Crippen LogP contribution in [0.3, 0.4) is 0 Å². The lowest BCUT2D eigenvalue weighted by Crippen LogP contribution is -2.24. The summed E-state index contributed by atoms with van der Waals surface area (Å²) in [5, 5.41) is 8.18. The summed E-state index contributed by atoms with van der Waals surface area (Å²) in [5.41, 5.74) is 3.85. The Bertz CT molecular complexity index is 353.